The van der Waals surface area contributed by atoms with Gasteiger partial charge in [0.1, 0.15) is 5.82 Å². The highest BCUT2D eigenvalue weighted by atomic mass is 19.4. The Balaban J connectivity index is 0.000000817. The zero-order valence-corrected chi connectivity index (χ0v) is 14.8. The lowest BCUT2D eigenvalue weighted by Gasteiger charge is -2.47. The summed E-state index contributed by atoms with van der Waals surface area (Å²) in [6.07, 6.45) is -3.65. The van der Waals surface area contributed by atoms with E-state index in [-0.39, 0.29) is 30.4 Å². The van der Waals surface area contributed by atoms with Crippen LogP contribution < -0.4 is 10.2 Å². The predicted molar refractivity (Wildman–Crippen MR) is 90.2 cm³/mol. The van der Waals surface area contributed by atoms with Crippen molar-refractivity contribution in [2.24, 2.45) is 5.41 Å². The van der Waals surface area contributed by atoms with Crippen LogP contribution in [0.2, 0.25) is 0 Å². The van der Waals surface area contributed by atoms with Gasteiger partial charge in [-0.2, -0.15) is 13.2 Å². The number of carbonyl (C=O) groups excluding carboxylic acids is 1. The fourth-order valence-electron chi connectivity index (χ4n) is 3.62. The van der Waals surface area contributed by atoms with Crippen LogP contribution in [-0.2, 0) is 15.8 Å². The summed E-state index contributed by atoms with van der Waals surface area (Å²) in [5, 5.41) is 20.0. The number of hydrogen-bond donors (Lipinski definition) is 3. The molecule has 2 aliphatic rings. The number of pyridine rings is 1. The molecule has 2 atom stereocenters. The van der Waals surface area contributed by atoms with Gasteiger partial charge in [0, 0.05) is 25.3 Å². The molecule has 3 heterocycles. The van der Waals surface area contributed by atoms with Crippen molar-refractivity contribution >= 4 is 18.2 Å². The van der Waals surface area contributed by atoms with Crippen molar-refractivity contribution in [1.82, 2.24) is 10.3 Å². The van der Waals surface area contributed by atoms with Gasteiger partial charge < -0.3 is 20.4 Å². The Morgan fingerprint density at radius 1 is 1.41 bits per heavy atom. The number of aromatic nitrogens is 1. The summed E-state index contributed by atoms with van der Waals surface area (Å²) in [6.45, 7) is 2.37. The van der Waals surface area contributed by atoms with Crippen LogP contribution in [0.4, 0.5) is 19.0 Å². The first-order valence-corrected chi connectivity index (χ1v) is 8.49. The Labute approximate surface area is 154 Å². The highest BCUT2D eigenvalue weighted by molar-refractivity contribution is 5.85. The first-order valence-electron chi connectivity index (χ1n) is 8.49. The third kappa shape index (κ3) is 4.49. The topological polar surface area (TPSA) is 103 Å². The third-order valence-electron chi connectivity index (χ3n) is 4.91. The monoisotopic (exact) mass is 389 g/mol. The maximum Gasteiger partial charge on any atom is 0.416 e. The molecule has 1 spiro atoms. The van der Waals surface area contributed by atoms with Crippen molar-refractivity contribution < 1.29 is 33.0 Å². The molecule has 27 heavy (non-hydrogen) atoms. The molecule has 0 saturated carbocycles. The van der Waals surface area contributed by atoms with Gasteiger partial charge in [0.2, 0.25) is 5.91 Å². The van der Waals surface area contributed by atoms with E-state index in [0.717, 1.165) is 18.6 Å². The SMILES string of the molecule is Cc1cc(C(F)(F)F)cc(N2CC[C@@H](O)[C@@]3(CCCNC3=O)C2)n1.O=CO. The van der Waals surface area contributed by atoms with Crippen LogP contribution in [0.15, 0.2) is 12.1 Å². The molecule has 0 radical (unpaired) electrons. The molecular formula is C17H22F3N3O4. The molecule has 1 aromatic rings. The molecule has 2 saturated heterocycles. The van der Waals surface area contributed by atoms with Crippen LogP contribution in [0.5, 0.6) is 0 Å². The van der Waals surface area contributed by atoms with Gasteiger partial charge in [0.15, 0.2) is 0 Å². The van der Waals surface area contributed by atoms with Crippen molar-refractivity contribution in [2.45, 2.75) is 38.5 Å². The predicted octanol–water partition coefficient (Wildman–Crippen LogP) is 1.58. The van der Waals surface area contributed by atoms with Crippen molar-refractivity contribution in [3.05, 3.63) is 23.4 Å². The standard InChI is InChI=1S/C16H20F3N3O2.CH2O2/c1-10-7-11(16(17,18)19)8-13(21-10)22-6-3-12(23)15(9-22)4-2-5-20-14(15)24;2-1-3/h7-8,12,23H,2-6,9H2,1H3,(H,20,24);1H,(H,2,3)/t12-,15-;/m1./s1. The van der Waals surface area contributed by atoms with E-state index in [1.54, 1.807) is 4.90 Å². The lowest BCUT2D eigenvalue weighted by Crippen LogP contribution is -2.61. The molecule has 0 bridgehead atoms. The van der Waals surface area contributed by atoms with Crippen molar-refractivity contribution in [3.63, 3.8) is 0 Å². The number of carbonyl (C=O) groups is 2. The maximum absolute atomic E-state index is 13.0. The zero-order valence-electron chi connectivity index (χ0n) is 14.8. The van der Waals surface area contributed by atoms with Gasteiger partial charge in [-0.25, -0.2) is 4.98 Å². The number of anilines is 1. The minimum absolute atomic E-state index is 0.174. The quantitative estimate of drug-likeness (QED) is 0.631. The van der Waals surface area contributed by atoms with Crippen LogP contribution in [0.25, 0.3) is 0 Å². The molecule has 10 heteroatoms. The average molecular weight is 389 g/mol. The fourth-order valence-corrected chi connectivity index (χ4v) is 3.62. The van der Waals surface area contributed by atoms with E-state index < -0.39 is 23.3 Å². The summed E-state index contributed by atoms with van der Waals surface area (Å²) in [5.74, 6) is -0.0263. The molecule has 3 rings (SSSR count). The van der Waals surface area contributed by atoms with E-state index in [9.17, 15) is 23.1 Å². The van der Waals surface area contributed by atoms with Gasteiger partial charge >= 0.3 is 6.18 Å². The molecule has 2 aliphatic heterocycles. The van der Waals surface area contributed by atoms with Crippen LogP contribution in [0.3, 0.4) is 0 Å². The van der Waals surface area contributed by atoms with E-state index in [4.69, 9.17) is 9.90 Å². The van der Waals surface area contributed by atoms with Crippen molar-refractivity contribution in [2.75, 3.05) is 24.5 Å². The van der Waals surface area contributed by atoms with Gasteiger partial charge in [0.05, 0.1) is 17.1 Å². The average Bonchev–Trinajstić information content (AvgIpc) is 2.59. The number of alkyl halides is 3. The lowest BCUT2D eigenvalue weighted by atomic mass is 9.71. The molecule has 0 aliphatic carbocycles. The molecule has 1 aromatic heterocycles. The number of rotatable bonds is 1. The number of piperidine rings is 2. The van der Waals surface area contributed by atoms with E-state index in [2.05, 4.69) is 10.3 Å². The maximum atomic E-state index is 13.0. The lowest BCUT2D eigenvalue weighted by molar-refractivity contribution is -0.142. The third-order valence-corrected chi connectivity index (χ3v) is 4.91. The van der Waals surface area contributed by atoms with Crippen LogP contribution in [0.1, 0.15) is 30.5 Å². The molecule has 0 unspecified atom stereocenters. The number of aliphatic hydroxyl groups excluding tert-OH is 1. The Morgan fingerprint density at radius 2 is 2.07 bits per heavy atom. The molecule has 150 valence electrons. The summed E-state index contributed by atoms with van der Waals surface area (Å²) in [5.41, 5.74) is -1.45. The molecule has 7 nitrogen and oxygen atoms in total. The molecular weight excluding hydrogens is 367 g/mol. The van der Waals surface area contributed by atoms with Crippen molar-refractivity contribution in [1.29, 1.82) is 0 Å². The van der Waals surface area contributed by atoms with E-state index in [1.165, 1.54) is 6.92 Å². The van der Waals surface area contributed by atoms with Crippen LogP contribution >= 0.6 is 0 Å². The van der Waals surface area contributed by atoms with Gasteiger partial charge in [-0.3, -0.25) is 9.59 Å². The summed E-state index contributed by atoms with van der Waals surface area (Å²) >= 11 is 0. The van der Waals surface area contributed by atoms with Crippen LogP contribution in [0, 0.1) is 12.3 Å². The smallest absolute Gasteiger partial charge is 0.416 e. The first-order chi connectivity index (χ1) is 12.6. The van der Waals surface area contributed by atoms with Gasteiger partial charge in [-0.1, -0.05) is 0 Å². The second kappa shape index (κ2) is 8.12. The number of carboxylic acid groups (broad SMARTS) is 1. The first kappa shape index (κ1) is 20.9. The minimum Gasteiger partial charge on any atom is -0.483 e. The van der Waals surface area contributed by atoms with Crippen LogP contribution in [-0.4, -0.2) is 53.3 Å². The number of halogens is 3. The normalized spacial score (nSPS) is 25.4. The summed E-state index contributed by atoms with van der Waals surface area (Å²) in [6, 6.07) is 2.02. The highest BCUT2D eigenvalue weighted by Gasteiger charge is 2.50. The number of amides is 1. The number of hydrogen-bond acceptors (Lipinski definition) is 5. The highest BCUT2D eigenvalue weighted by Crippen LogP contribution is 2.39. The largest absolute Gasteiger partial charge is 0.483 e. The number of nitrogens with zero attached hydrogens (tertiary/aromatic N) is 2. The second-order valence-corrected chi connectivity index (χ2v) is 6.70. The second-order valence-electron chi connectivity index (χ2n) is 6.70. The zero-order chi connectivity index (χ0) is 20.2. The van der Waals surface area contributed by atoms with E-state index in [1.807, 2.05) is 0 Å². The Bertz CT molecular complexity index is 698. The Morgan fingerprint density at radius 3 is 2.67 bits per heavy atom. The Hall–Kier alpha value is -2.36. The Kier molecular flexibility index (Phi) is 6.30. The van der Waals surface area contributed by atoms with Crippen molar-refractivity contribution in [3.8, 4) is 0 Å². The minimum atomic E-state index is -4.45. The molecule has 1 amide bonds. The molecule has 0 aromatic carbocycles. The molecule has 3 N–H and O–H groups in total. The molecule has 2 fully saturated rings. The van der Waals surface area contributed by atoms with Gasteiger partial charge in [-0.15, -0.1) is 0 Å². The van der Waals surface area contributed by atoms with E-state index in [0.29, 0.717) is 25.9 Å². The summed E-state index contributed by atoms with van der Waals surface area (Å²) in [4.78, 5) is 26.6. The summed E-state index contributed by atoms with van der Waals surface area (Å²) < 4.78 is 39.1. The fraction of sp³-hybridized carbons (Fsp3) is 0.588. The summed E-state index contributed by atoms with van der Waals surface area (Å²) in [7, 11) is 0. The number of aliphatic hydroxyl groups is 1. The van der Waals surface area contributed by atoms with E-state index >= 15 is 0 Å². The number of aryl methyl sites for hydroxylation is 1. The number of nitrogens with one attached hydrogen (secondary N) is 1. The van der Waals surface area contributed by atoms with Gasteiger partial charge in [-0.05, 0) is 38.3 Å². The van der Waals surface area contributed by atoms with Gasteiger partial charge in [0.25, 0.3) is 6.47 Å².